The van der Waals surface area contributed by atoms with Crippen molar-refractivity contribution in [2.24, 2.45) is 5.73 Å². The lowest BCUT2D eigenvalue weighted by atomic mass is 9.86. The maximum atomic E-state index is 14.7. The SMILES string of the molecule is CC(C)[Si](O[C@@H]1CC[C@H](c2cccc(F)c2F)[C@H](N)c2cccnc21)(C(C)C)C(C)C. The van der Waals surface area contributed by atoms with Crippen LogP contribution >= 0.6 is 0 Å². The zero-order valence-electron chi connectivity index (χ0n) is 19.5. The third-order valence-corrected chi connectivity index (χ3v) is 13.3. The van der Waals surface area contributed by atoms with E-state index in [-0.39, 0.29) is 12.0 Å². The highest BCUT2D eigenvalue weighted by Gasteiger charge is 2.48. The van der Waals surface area contributed by atoms with Crippen molar-refractivity contribution < 1.29 is 13.2 Å². The number of aromatic nitrogens is 1. The monoisotopic (exact) mass is 446 g/mol. The normalized spacial score (nSPS) is 22.1. The number of halogens is 2. The van der Waals surface area contributed by atoms with E-state index < -0.39 is 26.0 Å². The van der Waals surface area contributed by atoms with E-state index in [1.54, 1.807) is 18.3 Å². The summed E-state index contributed by atoms with van der Waals surface area (Å²) in [5, 5.41) is 0. The van der Waals surface area contributed by atoms with Gasteiger partial charge in [0.05, 0.1) is 11.8 Å². The Kier molecular flexibility index (Phi) is 7.34. The molecule has 0 bridgehead atoms. The average molecular weight is 447 g/mol. The Hall–Kier alpha value is -1.63. The molecule has 31 heavy (non-hydrogen) atoms. The third-order valence-electron chi connectivity index (χ3n) is 7.14. The molecule has 0 saturated carbocycles. The summed E-state index contributed by atoms with van der Waals surface area (Å²) in [6.45, 7) is 13.6. The van der Waals surface area contributed by atoms with Gasteiger partial charge in [-0.15, -0.1) is 0 Å². The molecule has 6 heteroatoms. The van der Waals surface area contributed by atoms with Crippen molar-refractivity contribution in [1.82, 2.24) is 4.98 Å². The second-order valence-electron chi connectivity index (χ2n) is 9.75. The van der Waals surface area contributed by atoms with E-state index in [1.165, 1.54) is 0 Å². The quantitative estimate of drug-likeness (QED) is 0.378. The van der Waals surface area contributed by atoms with Crippen LogP contribution < -0.4 is 5.73 Å². The average Bonchev–Trinajstić information content (AvgIpc) is 2.84. The fourth-order valence-corrected chi connectivity index (χ4v) is 11.3. The summed E-state index contributed by atoms with van der Waals surface area (Å²) in [6, 6.07) is 7.70. The Morgan fingerprint density at radius 1 is 0.935 bits per heavy atom. The first-order valence-corrected chi connectivity index (χ1v) is 13.6. The van der Waals surface area contributed by atoms with E-state index in [0.29, 0.717) is 35.0 Å². The fourth-order valence-electron chi connectivity index (χ4n) is 5.77. The van der Waals surface area contributed by atoms with E-state index in [4.69, 9.17) is 15.1 Å². The topological polar surface area (TPSA) is 48.1 Å². The lowest BCUT2D eigenvalue weighted by Crippen LogP contribution is -2.48. The molecule has 0 unspecified atom stereocenters. The van der Waals surface area contributed by atoms with Gasteiger partial charge in [-0.2, -0.15) is 0 Å². The lowest BCUT2D eigenvalue weighted by molar-refractivity contribution is 0.159. The van der Waals surface area contributed by atoms with Crippen molar-refractivity contribution in [3.63, 3.8) is 0 Å². The van der Waals surface area contributed by atoms with Gasteiger partial charge in [0.25, 0.3) is 0 Å². The highest BCUT2D eigenvalue weighted by Crippen LogP contribution is 2.49. The predicted molar refractivity (Wildman–Crippen MR) is 124 cm³/mol. The molecule has 1 heterocycles. The van der Waals surface area contributed by atoms with Crippen LogP contribution in [0.2, 0.25) is 16.6 Å². The summed E-state index contributed by atoms with van der Waals surface area (Å²) in [6.07, 6.45) is 2.87. The first-order valence-electron chi connectivity index (χ1n) is 11.4. The van der Waals surface area contributed by atoms with Crippen LogP contribution in [0, 0.1) is 11.6 Å². The number of hydrogen-bond acceptors (Lipinski definition) is 3. The number of hydrogen-bond donors (Lipinski definition) is 1. The Morgan fingerprint density at radius 2 is 1.55 bits per heavy atom. The molecule has 0 amide bonds. The molecule has 0 radical (unpaired) electrons. The van der Waals surface area contributed by atoms with Crippen LogP contribution in [0.3, 0.4) is 0 Å². The van der Waals surface area contributed by atoms with Crippen molar-refractivity contribution in [2.45, 2.75) is 89.1 Å². The Labute approximate surface area is 186 Å². The minimum Gasteiger partial charge on any atom is -0.408 e. The largest absolute Gasteiger partial charge is 0.408 e. The number of pyridine rings is 1. The van der Waals surface area contributed by atoms with Crippen LogP contribution in [-0.2, 0) is 4.43 Å². The summed E-state index contributed by atoms with van der Waals surface area (Å²) in [5.74, 6) is -1.97. The van der Waals surface area contributed by atoms with Gasteiger partial charge in [-0.05, 0) is 52.7 Å². The van der Waals surface area contributed by atoms with Crippen LogP contribution in [0.5, 0.6) is 0 Å². The van der Waals surface area contributed by atoms with Crippen molar-refractivity contribution in [3.05, 3.63) is 65.0 Å². The van der Waals surface area contributed by atoms with E-state index in [0.717, 1.165) is 17.3 Å². The van der Waals surface area contributed by atoms with E-state index >= 15 is 0 Å². The molecule has 3 rings (SSSR count). The molecule has 3 nitrogen and oxygen atoms in total. The van der Waals surface area contributed by atoms with Gasteiger partial charge in [-0.25, -0.2) is 8.78 Å². The minimum atomic E-state index is -2.16. The Morgan fingerprint density at radius 3 is 2.16 bits per heavy atom. The summed E-state index contributed by atoms with van der Waals surface area (Å²) in [5.41, 5.74) is 10.1. The van der Waals surface area contributed by atoms with Crippen LogP contribution in [-0.4, -0.2) is 13.3 Å². The van der Waals surface area contributed by atoms with Gasteiger partial charge in [0, 0.05) is 18.2 Å². The van der Waals surface area contributed by atoms with Gasteiger partial charge < -0.3 is 10.2 Å². The highest BCUT2D eigenvalue weighted by molar-refractivity contribution is 6.77. The maximum absolute atomic E-state index is 14.7. The third kappa shape index (κ3) is 4.35. The standard InChI is InChI=1S/C25H36F2N2OSi/c1-15(2)31(16(3)4,17(5)6)30-22-13-12-19(18-9-7-11-21(26)23(18)27)24(28)20-10-8-14-29-25(20)22/h7-11,14-17,19,22,24H,12-13,28H2,1-6H3/t19-,22-,24+/m1/s1. The molecular formula is C25H36F2N2OSi. The first-order chi connectivity index (χ1) is 14.6. The molecular weight excluding hydrogens is 410 g/mol. The first kappa shape index (κ1) is 24.0. The minimum absolute atomic E-state index is 0.192. The zero-order valence-corrected chi connectivity index (χ0v) is 20.5. The number of benzene rings is 1. The zero-order chi connectivity index (χ0) is 22.9. The number of nitrogens with two attached hydrogens (primary N) is 1. The molecule has 170 valence electrons. The molecule has 3 atom stereocenters. The van der Waals surface area contributed by atoms with Crippen molar-refractivity contribution >= 4 is 8.32 Å². The van der Waals surface area contributed by atoms with Crippen molar-refractivity contribution in [1.29, 1.82) is 0 Å². The molecule has 1 aliphatic rings. The number of nitrogens with zero attached hydrogens (tertiary/aromatic N) is 1. The molecule has 1 aromatic heterocycles. The van der Waals surface area contributed by atoms with E-state index in [2.05, 4.69) is 41.5 Å². The van der Waals surface area contributed by atoms with E-state index in [1.807, 2.05) is 12.1 Å². The predicted octanol–water partition coefficient (Wildman–Crippen LogP) is 7.17. The van der Waals surface area contributed by atoms with Crippen molar-refractivity contribution in [2.75, 3.05) is 0 Å². The summed E-state index contributed by atoms with van der Waals surface area (Å²) in [7, 11) is -2.16. The van der Waals surface area contributed by atoms with Crippen LogP contribution in [0.15, 0.2) is 36.5 Å². The summed E-state index contributed by atoms with van der Waals surface area (Å²) in [4.78, 5) is 4.69. The molecule has 0 aliphatic heterocycles. The second kappa shape index (κ2) is 9.47. The van der Waals surface area contributed by atoms with Gasteiger partial charge in [0.1, 0.15) is 0 Å². The smallest absolute Gasteiger partial charge is 0.201 e. The van der Waals surface area contributed by atoms with Gasteiger partial charge >= 0.3 is 0 Å². The molecule has 1 aromatic carbocycles. The molecule has 0 fully saturated rings. The van der Waals surface area contributed by atoms with Gasteiger partial charge in [0.2, 0.25) is 8.32 Å². The number of rotatable bonds is 6. The van der Waals surface area contributed by atoms with Gasteiger partial charge in [-0.1, -0.05) is 59.7 Å². The van der Waals surface area contributed by atoms with Crippen molar-refractivity contribution in [3.8, 4) is 0 Å². The van der Waals surface area contributed by atoms with E-state index in [9.17, 15) is 8.78 Å². The maximum Gasteiger partial charge on any atom is 0.201 e. The summed E-state index contributed by atoms with van der Waals surface area (Å²) < 4.78 is 35.8. The Balaban J connectivity index is 2.06. The molecule has 2 aromatic rings. The van der Waals surface area contributed by atoms with Crippen LogP contribution in [0.4, 0.5) is 8.78 Å². The molecule has 1 aliphatic carbocycles. The molecule has 2 N–H and O–H groups in total. The Bertz CT molecular complexity index is 881. The number of fused-ring (bicyclic) bond motifs is 1. The summed E-state index contributed by atoms with van der Waals surface area (Å²) >= 11 is 0. The molecule has 0 saturated heterocycles. The fraction of sp³-hybridized carbons (Fsp3) is 0.560. The highest BCUT2D eigenvalue weighted by atomic mass is 28.4. The lowest BCUT2D eigenvalue weighted by Gasteiger charge is -2.44. The second-order valence-corrected chi connectivity index (χ2v) is 15.2. The molecule has 0 spiro atoms. The van der Waals surface area contributed by atoms with Crippen LogP contribution in [0.1, 0.15) is 89.3 Å². The van der Waals surface area contributed by atoms with Gasteiger partial charge in [0.15, 0.2) is 11.6 Å². The van der Waals surface area contributed by atoms with Gasteiger partial charge in [-0.3, -0.25) is 4.98 Å². The van der Waals surface area contributed by atoms with Crippen LogP contribution in [0.25, 0.3) is 0 Å².